The van der Waals surface area contributed by atoms with E-state index in [1.165, 1.54) is 48.4 Å². The molecule has 1 amide bonds. The molecule has 0 fully saturated rings. The number of carbonyl (C=O) groups is 1. The lowest BCUT2D eigenvalue weighted by Gasteiger charge is -2.18. The number of benzene rings is 3. The topological polar surface area (TPSA) is 75.7 Å². The molecule has 0 spiro atoms. The van der Waals surface area contributed by atoms with Crippen LogP contribution in [0.25, 0.3) is 0 Å². The van der Waals surface area contributed by atoms with Gasteiger partial charge in [-0.2, -0.15) is 0 Å². The zero-order chi connectivity index (χ0) is 23.5. The van der Waals surface area contributed by atoms with Gasteiger partial charge >= 0.3 is 0 Å². The summed E-state index contributed by atoms with van der Waals surface area (Å²) in [5.41, 5.74) is 3.45. The van der Waals surface area contributed by atoms with Gasteiger partial charge in [-0.3, -0.25) is 9.52 Å². The Bertz CT molecular complexity index is 1240. The zero-order valence-corrected chi connectivity index (χ0v) is 19.2. The van der Waals surface area contributed by atoms with Gasteiger partial charge in [0.05, 0.1) is 12.0 Å². The number of rotatable bonds is 7. The van der Waals surface area contributed by atoms with Crippen molar-refractivity contribution in [2.75, 3.05) is 18.9 Å². The largest absolute Gasteiger partial charge is 0.494 e. The highest BCUT2D eigenvalue weighted by atomic mass is 32.2. The molecular formula is C24H25FN2O4S. The van der Waals surface area contributed by atoms with Gasteiger partial charge in [0.1, 0.15) is 0 Å². The van der Waals surface area contributed by atoms with Gasteiger partial charge < -0.3 is 9.64 Å². The van der Waals surface area contributed by atoms with E-state index in [2.05, 4.69) is 4.72 Å². The molecule has 0 heterocycles. The molecule has 3 aromatic carbocycles. The molecule has 0 radical (unpaired) electrons. The van der Waals surface area contributed by atoms with E-state index in [1.807, 2.05) is 19.9 Å². The van der Waals surface area contributed by atoms with Gasteiger partial charge in [0.2, 0.25) is 0 Å². The number of ether oxygens (including phenoxy) is 1. The second-order valence-corrected chi connectivity index (χ2v) is 9.24. The smallest absolute Gasteiger partial charge is 0.261 e. The molecule has 168 valence electrons. The van der Waals surface area contributed by atoms with Crippen LogP contribution in [-0.4, -0.2) is 33.4 Å². The zero-order valence-electron chi connectivity index (χ0n) is 18.3. The van der Waals surface area contributed by atoms with Crippen LogP contribution in [0.1, 0.15) is 27.0 Å². The minimum absolute atomic E-state index is 0.0483. The van der Waals surface area contributed by atoms with Gasteiger partial charge in [-0.1, -0.05) is 12.1 Å². The van der Waals surface area contributed by atoms with E-state index in [4.69, 9.17) is 4.74 Å². The molecule has 0 aromatic heterocycles. The maximum Gasteiger partial charge on any atom is 0.261 e. The van der Waals surface area contributed by atoms with Crippen LogP contribution in [0.15, 0.2) is 65.6 Å². The van der Waals surface area contributed by atoms with Gasteiger partial charge in [0, 0.05) is 24.8 Å². The van der Waals surface area contributed by atoms with E-state index in [9.17, 15) is 17.6 Å². The number of hydrogen-bond acceptors (Lipinski definition) is 4. The first-order valence-electron chi connectivity index (χ1n) is 9.89. The maximum atomic E-state index is 13.9. The van der Waals surface area contributed by atoms with E-state index < -0.39 is 15.8 Å². The lowest BCUT2D eigenvalue weighted by Crippen LogP contribution is -2.26. The Balaban J connectivity index is 1.71. The molecular weight excluding hydrogens is 431 g/mol. The van der Waals surface area contributed by atoms with Crippen LogP contribution in [0.5, 0.6) is 5.75 Å². The summed E-state index contributed by atoms with van der Waals surface area (Å²) in [6, 6.07) is 15.5. The highest BCUT2D eigenvalue weighted by Crippen LogP contribution is 2.21. The van der Waals surface area contributed by atoms with Crippen LogP contribution < -0.4 is 9.46 Å². The number of nitrogens with one attached hydrogen (secondary N) is 1. The van der Waals surface area contributed by atoms with E-state index in [0.717, 1.165) is 11.1 Å². The Morgan fingerprint density at radius 3 is 2.28 bits per heavy atom. The molecule has 6 nitrogen and oxygen atoms in total. The van der Waals surface area contributed by atoms with Crippen molar-refractivity contribution in [2.24, 2.45) is 0 Å². The third kappa shape index (κ3) is 5.26. The number of amides is 1. The summed E-state index contributed by atoms with van der Waals surface area (Å²) >= 11 is 0. The van der Waals surface area contributed by atoms with Gasteiger partial charge in [-0.25, -0.2) is 12.8 Å². The molecule has 0 aliphatic rings. The van der Waals surface area contributed by atoms with Crippen LogP contribution in [0, 0.1) is 19.7 Å². The minimum Gasteiger partial charge on any atom is -0.494 e. The normalized spacial score (nSPS) is 11.2. The van der Waals surface area contributed by atoms with Gasteiger partial charge in [0.15, 0.2) is 11.6 Å². The van der Waals surface area contributed by atoms with Crippen LogP contribution in [0.2, 0.25) is 0 Å². The van der Waals surface area contributed by atoms with Crippen molar-refractivity contribution in [3.8, 4) is 5.75 Å². The Hall–Kier alpha value is -3.39. The SMILES string of the molecule is COc1ccc(CN(C)C(=O)c2ccc(S(=O)(=O)Nc3ccc(C)c(C)c3)cc2)cc1F. The summed E-state index contributed by atoms with van der Waals surface area (Å²) in [7, 11) is -0.817. The standard InChI is InChI=1S/C24H25FN2O4S/c1-16-5-9-20(13-17(16)2)26-32(29,30)21-10-7-19(8-11-21)24(28)27(3)15-18-6-12-23(31-4)22(25)14-18/h5-14,26H,15H2,1-4H3. The van der Waals surface area contributed by atoms with Crippen molar-refractivity contribution in [3.05, 3.63) is 88.7 Å². The lowest BCUT2D eigenvalue weighted by atomic mass is 10.1. The van der Waals surface area contributed by atoms with Crippen LogP contribution in [-0.2, 0) is 16.6 Å². The number of carbonyl (C=O) groups excluding carboxylic acids is 1. The molecule has 0 bridgehead atoms. The number of sulfonamides is 1. The lowest BCUT2D eigenvalue weighted by molar-refractivity contribution is 0.0785. The summed E-state index contributed by atoms with van der Waals surface area (Å²) in [5.74, 6) is -0.682. The number of aryl methyl sites for hydroxylation is 2. The average Bonchev–Trinajstić information content (AvgIpc) is 2.76. The number of anilines is 1. The van der Waals surface area contributed by atoms with Gasteiger partial charge in [-0.15, -0.1) is 0 Å². The Morgan fingerprint density at radius 1 is 1.00 bits per heavy atom. The second kappa shape index (κ2) is 9.40. The quantitative estimate of drug-likeness (QED) is 0.567. The van der Waals surface area contributed by atoms with Crippen molar-refractivity contribution < 1.29 is 22.3 Å². The molecule has 0 saturated heterocycles. The first kappa shape index (κ1) is 23.3. The van der Waals surface area contributed by atoms with E-state index in [-0.39, 0.29) is 23.1 Å². The first-order valence-corrected chi connectivity index (χ1v) is 11.4. The monoisotopic (exact) mass is 456 g/mol. The summed E-state index contributed by atoms with van der Waals surface area (Å²) in [4.78, 5) is 14.2. The van der Waals surface area contributed by atoms with Crippen molar-refractivity contribution in [3.63, 3.8) is 0 Å². The number of nitrogens with zero attached hydrogens (tertiary/aromatic N) is 1. The maximum absolute atomic E-state index is 13.9. The van der Waals surface area contributed by atoms with Crippen molar-refractivity contribution in [1.29, 1.82) is 0 Å². The molecule has 0 atom stereocenters. The van der Waals surface area contributed by atoms with E-state index in [1.54, 1.807) is 25.2 Å². The molecule has 1 N–H and O–H groups in total. The third-order valence-corrected chi connectivity index (χ3v) is 6.55. The number of halogens is 1. The Labute approximate surface area is 187 Å². The van der Waals surface area contributed by atoms with Gasteiger partial charge in [0.25, 0.3) is 15.9 Å². The molecule has 3 aromatic rings. The Morgan fingerprint density at radius 2 is 1.69 bits per heavy atom. The number of hydrogen-bond donors (Lipinski definition) is 1. The van der Waals surface area contributed by atoms with Crippen LogP contribution in [0.3, 0.4) is 0 Å². The van der Waals surface area contributed by atoms with Crippen molar-refractivity contribution in [1.82, 2.24) is 4.90 Å². The molecule has 0 aliphatic heterocycles. The highest BCUT2D eigenvalue weighted by Gasteiger charge is 2.17. The van der Waals surface area contributed by atoms with Crippen LogP contribution in [0.4, 0.5) is 10.1 Å². The van der Waals surface area contributed by atoms with E-state index in [0.29, 0.717) is 16.8 Å². The molecule has 0 saturated carbocycles. The fraction of sp³-hybridized carbons (Fsp3) is 0.208. The minimum atomic E-state index is -3.79. The molecule has 32 heavy (non-hydrogen) atoms. The Kier molecular flexibility index (Phi) is 6.84. The van der Waals surface area contributed by atoms with Crippen molar-refractivity contribution in [2.45, 2.75) is 25.3 Å². The summed E-state index contributed by atoms with van der Waals surface area (Å²) < 4.78 is 46.7. The number of methoxy groups -OCH3 is 1. The fourth-order valence-electron chi connectivity index (χ4n) is 3.17. The van der Waals surface area contributed by atoms with Gasteiger partial charge in [-0.05, 0) is 79.1 Å². The van der Waals surface area contributed by atoms with Crippen LogP contribution >= 0.6 is 0 Å². The summed E-state index contributed by atoms with van der Waals surface area (Å²) in [6.07, 6.45) is 0. The molecule has 8 heteroatoms. The summed E-state index contributed by atoms with van der Waals surface area (Å²) in [5, 5.41) is 0. The second-order valence-electron chi connectivity index (χ2n) is 7.56. The first-order chi connectivity index (χ1) is 15.1. The summed E-state index contributed by atoms with van der Waals surface area (Å²) in [6.45, 7) is 4.05. The average molecular weight is 457 g/mol. The van der Waals surface area contributed by atoms with Crippen molar-refractivity contribution >= 4 is 21.6 Å². The van der Waals surface area contributed by atoms with E-state index >= 15 is 0 Å². The third-order valence-electron chi connectivity index (χ3n) is 5.15. The molecule has 0 unspecified atom stereocenters. The molecule has 0 aliphatic carbocycles. The predicted octanol–water partition coefficient (Wildman–Crippen LogP) is 4.52. The highest BCUT2D eigenvalue weighted by molar-refractivity contribution is 7.92. The molecule has 3 rings (SSSR count). The predicted molar refractivity (Wildman–Crippen MR) is 122 cm³/mol. The fourth-order valence-corrected chi connectivity index (χ4v) is 4.22.